The summed E-state index contributed by atoms with van der Waals surface area (Å²) in [6.45, 7) is 4.95. The Balaban J connectivity index is 2.31. The van der Waals surface area contributed by atoms with Crippen molar-refractivity contribution in [1.29, 1.82) is 0 Å². The fourth-order valence-corrected chi connectivity index (χ4v) is 4.11. The highest BCUT2D eigenvalue weighted by Crippen LogP contribution is 2.25. The van der Waals surface area contributed by atoms with Crippen molar-refractivity contribution in [3.05, 3.63) is 18.0 Å². The van der Waals surface area contributed by atoms with E-state index in [2.05, 4.69) is 0 Å². The van der Waals surface area contributed by atoms with Crippen molar-refractivity contribution in [3.63, 3.8) is 0 Å². The van der Waals surface area contributed by atoms with Crippen molar-refractivity contribution >= 4 is 21.6 Å². The van der Waals surface area contributed by atoms with Crippen LogP contribution < -0.4 is 0 Å². The summed E-state index contributed by atoms with van der Waals surface area (Å²) in [5.74, 6) is 0.292. The Morgan fingerprint density at radius 3 is 2.68 bits per heavy atom. The van der Waals surface area contributed by atoms with Crippen LogP contribution in [0.3, 0.4) is 0 Å². The summed E-state index contributed by atoms with van der Waals surface area (Å²) in [5.41, 5.74) is 0.336. The van der Waals surface area contributed by atoms with Gasteiger partial charge < -0.3 is 9.30 Å². The first kappa shape index (κ1) is 14.8. The Labute approximate surface area is 119 Å². The molecule has 0 atom stereocenters. The van der Waals surface area contributed by atoms with Crippen molar-refractivity contribution < 1.29 is 13.2 Å². The average molecular weight is 307 g/mol. The minimum atomic E-state index is -3.47. The maximum absolute atomic E-state index is 12.6. The van der Waals surface area contributed by atoms with Gasteiger partial charge in [-0.3, -0.25) is 0 Å². The van der Waals surface area contributed by atoms with Crippen LogP contribution in [0.25, 0.3) is 0 Å². The molecule has 0 amide bonds. The highest BCUT2D eigenvalue weighted by atomic mass is 35.5. The number of hydrogen-bond donors (Lipinski definition) is 0. The third kappa shape index (κ3) is 2.97. The number of halogens is 1. The molecule has 0 unspecified atom stereocenters. The maximum atomic E-state index is 12.6. The zero-order valence-electron chi connectivity index (χ0n) is 11.4. The number of rotatable bonds is 3. The molecule has 0 radical (unpaired) electrons. The Morgan fingerprint density at radius 2 is 2.16 bits per heavy atom. The number of aromatic nitrogens is 1. The lowest BCUT2D eigenvalue weighted by Gasteiger charge is -2.37. The van der Waals surface area contributed by atoms with Gasteiger partial charge in [0.15, 0.2) is 0 Å². The Morgan fingerprint density at radius 1 is 1.47 bits per heavy atom. The van der Waals surface area contributed by atoms with Crippen LogP contribution in [-0.4, -0.2) is 42.6 Å². The quantitative estimate of drug-likeness (QED) is 0.796. The van der Waals surface area contributed by atoms with E-state index in [-0.39, 0.29) is 0 Å². The van der Waals surface area contributed by atoms with Crippen LogP contribution in [0.4, 0.5) is 0 Å². The van der Waals surface area contributed by atoms with E-state index in [1.807, 2.05) is 13.8 Å². The second kappa shape index (κ2) is 5.09. The van der Waals surface area contributed by atoms with Gasteiger partial charge in [-0.05, 0) is 19.9 Å². The van der Waals surface area contributed by atoms with E-state index in [0.29, 0.717) is 30.5 Å². The van der Waals surface area contributed by atoms with Crippen LogP contribution in [0, 0.1) is 0 Å². The summed E-state index contributed by atoms with van der Waals surface area (Å²) in [4.78, 5) is 0.295. The molecule has 0 N–H and O–H groups in total. The van der Waals surface area contributed by atoms with Gasteiger partial charge in [0, 0.05) is 32.0 Å². The molecule has 0 aliphatic carbocycles. The molecule has 1 aliphatic heterocycles. The van der Waals surface area contributed by atoms with Crippen LogP contribution in [0.2, 0.25) is 0 Å². The van der Waals surface area contributed by atoms with Gasteiger partial charge in [0.25, 0.3) is 0 Å². The Kier molecular flexibility index (Phi) is 3.97. The first-order valence-electron chi connectivity index (χ1n) is 6.11. The van der Waals surface area contributed by atoms with Crippen LogP contribution in [0.5, 0.6) is 0 Å². The molecule has 19 heavy (non-hydrogen) atoms. The molecule has 1 aromatic rings. The summed E-state index contributed by atoms with van der Waals surface area (Å²) in [6, 6.07) is 1.63. The molecule has 1 aliphatic rings. The van der Waals surface area contributed by atoms with Gasteiger partial charge in [0.05, 0.1) is 18.1 Å². The molecule has 1 saturated heterocycles. The number of nitrogens with zero attached hydrogens (tertiary/aromatic N) is 2. The third-order valence-corrected chi connectivity index (χ3v) is 5.33. The minimum Gasteiger partial charge on any atom is -0.373 e. The van der Waals surface area contributed by atoms with Gasteiger partial charge in [-0.1, -0.05) is 0 Å². The summed E-state index contributed by atoms with van der Waals surface area (Å²) in [5, 5.41) is 0. The van der Waals surface area contributed by atoms with Crippen molar-refractivity contribution in [2.24, 2.45) is 7.05 Å². The Bertz CT molecular complexity index is 566. The number of sulfonamides is 1. The van der Waals surface area contributed by atoms with Gasteiger partial charge in [0.2, 0.25) is 10.0 Å². The van der Waals surface area contributed by atoms with E-state index in [9.17, 15) is 8.42 Å². The highest BCUT2D eigenvalue weighted by Gasteiger charge is 2.35. The van der Waals surface area contributed by atoms with E-state index < -0.39 is 15.6 Å². The van der Waals surface area contributed by atoms with Gasteiger partial charge in [-0.15, -0.1) is 11.6 Å². The van der Waals surface area contributed by atoms with Crippen molar-refractivity contribution in [2.45, 2.75) is 30.2 Å². The molecule has 1 fully saturated rings. The second-order valence-corrected chi connectivity index (χ2v) is 7.56. The van der Waals surface area contributed by atoms with Gasteiger partial charge in [0.1, 0.15) is 4.90 Å². The summed E-state index contributed by atoms with van der Waals surface area (Å²) >= 11 is 5.78. The number of ether oxygens (including phenoxy) is 1. The zero-order valence-corrected chi connectivity index (χ0v) is 13.0. The van der Waals surface area contributed by atoms with E-state index in [0.717, 1.165) is 5.69 Å². The van der Waals surface area contributed by atoms with Crippen LogP contribution in [0.15, 0.2) is 17.2 Å². The predicted molar refractivity (Wildman–Crippen MR) is 73.8 cm³/mol. The zero-order chi connectivity index (χ0) is 14.3. The fraction of sp³-hybridized carbons (Fsp3) is 0.667. The van der Waals surface area contributed by atoms with E-state index in [4.69, 9.17) is 16.3 Å². The fourth-order valence-electron chi connectivity index (χ4n) is 2.18. The standard InChI is InChI=1S/C12H19ClN2O3S/c1-12(2)9-15(4-5-18-12)19(16,17)11-6-10(7-13)14(3)8-11/h6,8H,4-5,7,9H2,1-3H3. The third-order valence-electron chi connectivity index (χ3n) is 3.25. The van der Waals surface area contributed by atoms with Crippen LogP contribution >= 0.6 is 11.6 Å². The SMILES string of the molecule is Cn1cc(S(=O)(=O)N2CCOC(C)(C)C2)cc1CCl. The second-order valence-electron chi connectivity index (χ2n) is 5.36. The number of alkyl halides is 1. The molecule has 1 aromatic heterocycles. The van der Waals surface area contributed by atoms with E-state index in [1.54, 1.807) is 23.9 Å². The number of hydrogen-bond acceptors (Lipinski definition) is 3. The largest absolute Gasteiger partial charge is 0.373 e. The molecule has 2 rings (SSSR count). The summed E-state index contributed by atoms with van der Waals surface area (Å²) in [6.07, 6.45) is 1.61. The lowest BCUT2D eigenvalue weighted by atomic mass is 10.1. The smallest absolute Gasteiger partial charge is 0.244 e. The lowest BCUT2D eigenvalue weighted by Crippen LogP contribution is -2.50. The van der Waals surface area contributed by atoms with Crippen molar-refractivity contribution in [1.82, 2.24) is 8.87 Å². The Hall–Kier alpha value is -0.560. The van der Waals surface area contributed by atoms with E-state index >= 15 is 0 Å². The maximum Gasteiger partial charge on any atom is 0.244 e. The number of morpholine rings is 1. The molecule has 0 saturated carbocycles. The highest BCUT2D eigenvalue weighted by molar-refractivity contribution is 7.89. The van der Waals surface area contributed by atoms with Gasteiger partial charge >= 0.3 is 0 Å². The lowest BCUT2D eigenvalue weighted by molar-refractivity contribution is -0.0640. The summed E-state index contributed by atoms with van der Waals surface area (Å²) < 4.78 is 33.9. The molecule has 5 nitrogen and oxygen atoms in total. The van der Waals surface area contributed by atoms with Crippen molar-refractivity contribution in [3.8, 4) is 0 Å². The van der Waals surface area contributed by atoms with Crippen LogP contribution in [0.1, 0.15) is 19.5 Å². The first-order valence-corrected chi connectivity index (χ1v) is 8.09. The number of aryl methyl sites for hydroxylation is 1. The normalized spacial score (nSPS) is 20.6. The molecule has 0 aromatic carbocycles. The van der Waals surface area contributed by atoms with Gasteiger partial charge in [-0.25, -0.2) is 8.42 Å². The molecule has 7 heteroatoms. The summed E-state index contributed by atoms with van der Waals surface area (Å²) in [7, 11) is -1.68. The van der Waals surface area contributed by atoms with Crippen LogP contribution in [-0.2, 0) is 27.7 Å². The molecular formula is C12H19ClN2O3S. The predicted octanol–water partition coefficient (Wildman–Crippen LogP) is 1.56. The van der Waals surface area contributed by atoms with Gasteiger partial charge in [-0.2, -0.15) is 4.31 Å². The molecular weight excluding hydrogens is 288 g/mol. The minimum absolute atomic E-state index is 0.292. The van der Waals surface area contributed by atoms with Crippen molar-refractivity contribution in [2.75, 3.05) is 19.7 Å². The molecule has 108 valence electrons. The molecule has 0 bridgehead atoms. The topological polar surface area (TPSA) is 51.5 Å². The first-order chi connectivity index (χ1) is 8.76. The molecule has 2 heterocycles. The molecule has 0 spiro atoms. The monoisotopic (exact) mass is 306 g/mol. The average Bonchev–Trinajstić information content (AvgIpc) is 2.70. The van der Waals surface area contributed by atoms with E-state index in [1.165, 1.54) is 4.31 Å².